The largest absolute Gasteiger partial charge is 0.541 e. The minimum Gasteiger partial charge on any atom is -0.541 e. The van der Waals surface area contributed by atoms with Crippen molar-refractivity contribution in [1.82, 2.24) is 9.55 Å². The lowest BCUT2D eigenvalue weighted by atomic mass is 9.96. The highest BCUT2D eigenvalue weighted by Gasteiger charge is 2.48. The Morgan fingerprint density at radius 3 is 2.21 bits per heavy atom. The zero-order chi connectivity index (χ0) is 28.6. The molecule has 2 aromatic carbocycles. The van der Waals surface area contributed by atoms with Gasteiger partial charge in [-0.1, -0.05) is 53.7 Å². The van der Waals surface area contributed by atoms with E-state index in [4.69, 9.17) is 14.1 Å². The number of carbonyl (C=O) groups is 1. The first-order chi connectivity index (χ1) is 18.4. The molecule has 0 saturated heterocycles. The molecule has 0 spiro atoms. The number of pyridine rings is 1. The summed E-state index contributed by atoms with van der Waals surface area (Å²) in [7, 11) is 0.703. The standard InChI is InChI=1S/C31H39FN2O4Si/c1-18(2)39(19(3)4,20(5)6)38-30-28-26(17-34(7)31(28)36)24(15-27(35)37-8)25-14-22(16-33-29(25)30)13-21-9-11-23(32)12-10-21/h9-12,14,16-20,36H,13,15H2,1-8H3. The topological polar surface area (TPSA) is 73.6 Å². The molecule has 0 unspecified atom stereocenters. The van der Waals surface area contributed by atoms with Gasteiger partial charge in [0.2, 0.25) is 5.88 Å². The number of fused-ring (bicyclic) bond motifs is 2. The minimum absolute atomic E-state index is 0.0238. The Hall–Kier alpha value is -3.39. The van der Waals surface area contributed by atoms with Crippen LogP contribution in [-0.4, -0.2) is 36.1 Å². The normalized spacial score (nSPS) is 12.3. The summed E-state index contributed by atoms with van der Waals surface area (Å²) in [5.74, 6) is -0.0158. The van der Waals surface area contributed by atoms with Crippen LogP contribution >= 0.6 is 0 Å². The van der Waals surface area contributed by atoms with Crippen molar-refractivity contribution in [2.24, 2.45) is 7.05 Å². The number of ether oxygens (including phenoxy) is 1. The van der Waals surface area contributed by atoms with Crippen molar-refractivity contribution in [3.05, 3.63) is 65.2 Å². The van der Waals surface area contributed by atoms with Crippen LogP contribution in [0.2, 0.25) is 16.6 Å². The number of methoxy groups -OCH3 is 1. The first kappa shape index (κ1) is 28.6. The van der Waals surface area contributed by atoms with E-state index < -0.39 is 8.32 Å². The number of hydrogen-bond acceptors (Lipinski definition) is 5. The van der Waals surface area contributed by atoms with Crippen molar-refractivity contribution in [3.8, 4) is 11.6 Å². The van der Waals surface area contributed by atoms with Gasteiger partial charge in [0.25, 0.3) is 8.32 Å². The molecule has 0 fully saturated rings. The molecule has 0 aliphatic carbocycles. The number of aryl methyl sites for hydroxylation is 1. The van der Waals surface area contributed by atoms with Gasteiger partial charge in [0.1, 0.15) is 17.1 Å². The summed E-state index contributed by atoms with van der Waals surface area (Å²) >= 11 is 0. The van der Waals surface area contributed by atoms with Crippen molar-refractivity contribution < 1.29 is 23.5 Å². The maximum absolute atomic E-state index is 13.5. The number of esters is 1. The Balaban J connectivity index is 2.05. The highest BCUT2D eigenvalue weighted by atomic mass is 28.4. The van der Waals surface area contributed by atoms with Gasteiger partial charge in [-0.3, -0.25) is 9.78 Å². The van der Waals surface area contributed by atoms with Crippen LogP contribution in [0, 0.1) is 5.82 Å². The second-order valence-corrected chi connectivity index (χ2v) is 16.8. The molecule has 2 heterocycles. The van der Waals surface area contributed by atoms with Gasteiger partial charge >= 0.3 is 5.97 Å². The molecule has 0 aliphatic heterocycles. The van der Waals surface area contributed by atoms with Crippen LogP contribution in [0.15, 0.2) is 42.7 Å². The van der Waals surface area contributed by atoms with E-state index in [1.807, 2.05) is 12.3 Å². The Morgan fingerprint density at radius 1 is 1.03 bits per heavy atom. The van der Waals surface area contributed by atoms with Crippen LogP contribution in [0.3, 0.4) is 0 Å². The summed E-state index contributed by atoms with van der Waals surface area (Å²) in [4.78, 5) is 17.5. The second kappa shape index (κ2) is 11.0. The molecule has 0 aliphatic rings. The fourth-order valence-corrected chi connectivity index (χ4v) is 11.5. The lowest BCUT2D eigenvalue weighted by molar-refractivity contribution is -0.139. The van der Waals surface area contributed by atoms with E-state index in [9.17, 15) is 14.3 Å². The smallest absolute Gasteiger partial charge is 0.310 e. The predicted molar refractivity (Wildman–Crippen MR) is 156 cm³/mol. The van der Waals surface area contributed by atoms with Crippen molar-refractivity contribution in [2.75, 3.05) is 7.11 Å². The van der Waals surface area contributed by atoms with Gasteiger partial charge in [0.05, 0.1) is 18.9 Å². The average Bonchev–Trinajstić information content (AvgIpc) is 3.18. The monoisotopic (exact) mass is 550 g/mol. The third kappa shape index (κ3) is 5.14. The van der Waals surface area contributed by atoms with Gasteiger partial charge in [0, 0.05) is 30.2 Å². The number of halogens is 1. The molecule has 39 heavy (non-hydrogen) atoms. The lowest BCUT2D eigenvalue weighted by Crippen LogP contribution is -2.50. The number of aromatic nitrogens is 2. The Bertz CT molecular complexity index is 1490. The van der Waals surface area contributed by atoms with Gasteiger partial charge in [-0.2, -0.15) is 0 Å². The number of benzene rings is 2. The van der Waals surface area contributed by atoms with Gasteiger partial charge < -0.3 is 18.8 Å². The predicted octanol–water partition coefficient (Wildman–Crippen LogP) is 7.43. The first-order valence-corrected chi connectivity index (χ1v) is 15.7. The zero-order valence-corrected chi connectivity index (χ0v) is 25.1. The summed E-state index contributed by atoms with van der Waals surface area (Å²) in [6, 6.07) is 8.44. The average molecular weight is 551 g/mol. The van der Waals surface area contributed by atoms with Gasteiger partial charge in [-0.05, 0) is 57.9 Å². The van der Waals surface area contributed by atoms with E-state index in [0.717, 1.165) is 27.5 Å². The van der Waals surface area contributed by atoms with E-state index in [2.05, 4.69) is 41.5 Å². The Kier molecular flexibility index (Phi) is 8.07. The molecule has 8 heteroatoms. The number of carbonyl (C=O) groups excluding carboxylic acids is 1. The third-order valence-electron chi connectivity index (χ3n) is 8.04. The summed E-state index contributed by atoms with van der Waals surface area (Å²) in [5.41, 5.74) is 4.14. The molecule has 2 aromatic heterocycles. The molecular weight excluding hydrogens is 511 g/mol. The van der Waals surface area contributed by atoms with Crippen molar-refractivity contribution >= 4 is 36.0 Å². The number of nitrogens with zero attached hydrogens (tertiary/aromatic N) is 2. The van der Waals surface area contributed by atoms with Crippen molar-refractivity contribution in [1.29, 1.82) is 0 Å². The quantitative estimate of drug-likeness (QED) is 0.173. The summed E-state index contributed by atoms with van der Waals surface area (Å²) in [6.07, 6.45) is 4.22. The molecule has 208 valence electrons. The Morgan fingerprint density at radius 2 is 1.64 bits per heavy atom. The van der Waals surface area contributed by atoms with E-state index in [0.29, 0.717) is 39.7 Å². The number of hydrogen-bond donors (Lipinski definition) is 1. The molecule has 0 radical (unpaired) electrons. The molecule has 0 amide bonds. The maximum Gasteiger partial charge on any atom is 0.310 e. The van der Waals surface area contributed by atoms with E-state index in [-0.39, 0.29) is 24.1 Å². The summed E-state index contributed by atoms with van der Waals surface area (Å²) in [6.45, 7) is 13.3. The van der Waals surface area contributed by atoms with E-state index >= 15 is 0 Å². The van der Waals surface area contributed by atoms with Crippen LogP contribution in [0.1, 0.15) is 58.2 Å². The molecule has 0 saturated carbocycles. The molecule has 6 nitrogen and oxygen atoms in total. The van der Waals surface area contributed by atoms with Crippen LogP contribution in [0.25, 0.3) is 21.7 Å². The number of rotatable bonds is 9. The fourth-order valence-electron chi connectivity index (χ4n) is 6.22. The molecule has 0 bridgehead atoms. The van der Waals surface area contributed by atoms with Crippen molar-refractivity contribution in [2.45, 2.75) is 71.0 Å². The first-order valence-electron chi connectivity index (χ1n) is 13.5. The van der Waals surface area contributed by atoms with Crippen LogP contribution in [-0.2, 0) is 29.4 Å². The van der Waals surface area contributed by atoms with Gasteiger partial charge in [0.15, 0.2) is 0 Å². The van der Waals surface area contributed by atoms with Crippen LogP contribution < -0.4 is 4.43 Å². The van der Waals surface area contributed by atoms with Gasteiger partial charge in [-0.25, -0.2) is 4.39 Å². The van der Waals surface area contributed by atoms with Gasteiger partial charge in [-0.15, -0.1) is 0 Å². The summed E-state index contributed by atoms with van der Waals surface area (Å²) in [5, 5.41) is 13.4. The van der Waals surface area contributed by atoms with Crippen LogP contribution in [0.5, 0.6) is 11.6 Å². The molecule has 0 atom stereocenters. The SMILES string of the molecule is COC(=O)Cc1c2cc(Cc3ccc(F)cc3)cnc2c(O[Si](C(C)C)(C(C)C)C(C)C)c2c(O)n(C)cc12. The summed E-state index contributed by atoms with van der Waals surface area (Å²) < 4.78 is 27.4. The van der Waals surface area contributed by atoms with E-state index in [1.54, 1.807) is 29.9 Å². The van der Waals surface area contributed by atoms with Crippen LogP contribution in [0.4, 0.5) is 4.39 Å². The lowest BCUT2D eigenvalue weighted by Gasteiger charge is -2.42. The molecular formula is C31H39FN2O4Si. The number of aromatic hydroxyl groups is 1. The fraction of sp³-hybridized carbons (Fsp3) is 0.419. The molecule has 1 N–H and O–H groups in total. The zero-order valence-electron chi connectivity index (χ0n) is 24.1. The highest BCUT2D eigenvalue weighted by Crippen LogP contribution is 2.49. The molecule has 4 aromatic rings. The Labute approximate surface area is 230 Å². The maximum atomic E-state index is 13.5. The van der Waals surface area contributed by atoms with E-state index in [1.165, 1.54) is 19.2 Å². The second-order valence-electron chi connectivity index (χ2n) is 11.4. The highest BCUT2D eigenvalue weighted by molar-refractivity contribution is 6.78. The van der Waals surface area contributed by atoms with Crippen molar-refractivity contribution in [3.63, 3.8) is 0 Å². The molecule has 4 rings (SSSR count). The minimum atomic E-state index is -2.44. The third-order valence-corrected chi connectivity index (χ3v) is 14.0.